The first-order chi connectivity index (χ1) is 6.77. The van der Waals surface area contributed by atoms with Crippen LogP contribution in [0.1, 0.15) is 11.6 Å². The summed E-state index contributed by atoms with van der Waals surface area (Å²) in [6.45, 7) is 1.68. The van der Waals surface area contributed by atoms with Gasteiger partial charge in [-0.15, -0.1) is 12.4 Å². The smallest absolute Gasteiger partial charge is 0.128 e. The molecule has 1 fully saturated rings. The van der Waals surface area contributed by atoms with Crippen LogP contribution in [-0.2, 0) is 4.74 Å². The number of nitrogens with one attached hydrogen (secondary N) is 1. The first kappa shape index (κ1) is 12.4. The zero-order valence-electron chi connectivity index (χ0n) is 8.00. The van der Waals surface area contributed by atoms with Crippen molar-refractivity contribution in [2.75, 3.05) is 19.8 Å². The number of benzene rings is 1. The van der Waals surface area contributed by atoms with Crippen LogP contribution < -0.4 is 5.32 Å². The summed E-state index contributed by atoms with van der Waals surface area (Å²) in [6, 6.07) is 3.23. The van der Waals surface area contributed by atoms with Gasteiger partial charge in [0.05, 0.1) is 19.3 Å². The predicted octanol–water partition coefficient (Wildman–Crippen LogP) is 2.05. The second kappa shape index (κ2) is 5.39. The standard InChI is InChI=1S/C10H11F2NO.ClH/c11-7-1-2-9(12)8(5-7)10-6-14-4-3-13-10;/h1-2,5,10,13H,3-4,6H2;1H/t10-;/m0./s1. The number of morpholine rings is 1. The van der Waals surface area contributed by atoms with Crippen molar-refractivity contribution >= 4 is 12.4 Å². The number of hydrogen-bond donors (Lipinski definition) is 1. The molecule has 5 heteroatoms. The quantitative estimate of drug-likeness (QED) is 0.805. The minimum Gasteiger partial charge on any atom is -0.378 e. The molecule has 0 aromatic heterocycles. The molecule has 84 valence electrons. The van der Waals surface area contributed by atoms with Crippen molar-refractivity contribution in [3.63, 3.8) is 0 Å². The first-order valence-electron chi connectivity index (χ1n) is 4.53. The highest BCUT2D eigenvalue weighted by atomic mass is 35.5. The topological polar surface area (TPSA) is 21.3 Å². The van der Waals surface area contributed by atoms with Crippen LogP contribution in [0, 0.1) is 11.6 Å². The van der Waals surface area contributed by atoms with E-state index in [1.807, 2.05) is 0 Å². The molecular weight excluding hydrogens is 224 g/mol. The molecule has 1 aliphatic heterocycles. The Morgan fingerprint density at radius 3 is 2.80 bits per heavy atom. The van der Waals surface area contributed by atoms with Gasteiger partial charge >= 0.3 is 0 Å². The van der Waals surface area contributed by atoms with E-state index in [1.54, 1.807) is 0 Å². The van der Waals surface area contributed by atoms with Gasteiger partial charge in [-0.2, -0.15) is 0 Å². The van der Waals surface area contributed by atoms with Crippen molar-refractivity contribution in [2.24, 2.45) is 0 Å². The third-order valence-corrected chi connectivity index (χ3v) is 2.26. The monoisotopic (exact) mass is 235 g/mol. The molecule has 1 saturated heterocycles. The minimum absolute atomic E-state index is 0. The van der Waals surface area contributed by atoms with Crippen LogP contribution in [0.25, 0.3) is 0 Å². The Bertz CT molecular complexity index is 329. The van der Waals surface area contributed by atoms with Crippen LogP contribution in [0.3, 0.4) is 0 Å². The van der Waals surface area contributed by atoms with E-state index >= 15 is 0 Å². The molecule has 15 heavy (non-hydrogen) atoms. The SMILES string of the molecule is Cl.Fc1ccc(F)c([C@@H]2COCCN2)c1. The molecule has 0 saturated carbocycles. The van der Waals surface area contributed by atoms with Gasteiger partial charge in [0.1, 0.15) is 11.6 Å². The van der Waals surface area contributed by atoms with E-state index in [0.717, 1.165) is 12.1 Å². The van der Waals surface area contributed by atoms with E-state index in [-0.39, 0.29) is 18.4 Å². The molecule has 0 spiro atoms. The fourth-order valence-corrected chi connectivity index (χ4v) is 1.55. The summed E-state index contributed by atoms with van der Waals surface area (Å²) in [4.78, 5) is 0. The molecule has 0 radical (unpaired) electrons. The molecule has 1 aliphatic rings. The average molecular weight is 236 g/mol. The van der Waals surface area contributed by atoms with E-state index in [4.69, 9.17) is 4.74 Å². The fourth-order valence-electron chi connectivity index (χ4n) is 1.55. The van der Waals surface area contributed by atoms with Crippen molar-refractivity contribution < 1.29 is 13.5 Å². The van der Waals surface area contributed by atoms with E-state index in [2.05, 4.69) is 5.32 Å². The average Bonchev–Trinajstić information content (AvgIpc) is 2.23. The maximum absolute atomic E-state index is 13.3. The third-order valence-electron chi connectivity index (χ3n) is 2.26. The molecule has 0 amide bonds. The van der Waals surface area contributed by atoms with Gasteiger partial charge in [-0.05, 0) is 18.2 Å². The maximum atomic E-state index is 13.3. The van der Waals surface area contributed by atoms with E-state index in [1.165, 1.54) is 6.07 Å². The van der Waals surface area contributed by atoms with Crippen molar-refractivity contribution in [3.8, 4) is 0 Å². The lowest BCUT2D eigenvalue weighted by atomic mass is 10.1. The summed E-state index contributed by atoms with van der Waals surface area (Å²) in [5.74, 6) is -0.817. The molecule has 1 aromatic rings. The molecule has 0 bridgehead atoms. The third kappa shape index (κ3) is 2.87. The number of halogens is 3. The van der Waals surface area contributed by atoms with Gasteiger partial charge in [-0.25, -0.2) is 8.78 Å². The van der Waals surface area contributed by atoms with E-state index in [9.17, 15) is 8.78 Å². The molecule has 2 nitrogen and oxygen atoms in total. The largest absolute Gasteiger partial charge is 0.378 e. The van der Waals surface area contributed by atoms with Gasteiger partial charge in [0, 0.05) is 12.1 Å². The first-order valence-corrected chi connectivity index (χ1v) is 4.53. The van der Waals surface area contributed by atoms with Crippen molar-refractivity contribution in [1.29, 1.82) is 0 Å². The van der Waals surface area contributed by atoms with Crippen LogP contribution in [0.5, 0.6) is 0 Å². The molecule has 2 rings (SSSR count). The van der Waals surface area contributed by atoms with Crippen LogP contribution >= 0.6 is 12.4 Å². The molecular formula is C10H12ClF2NO. The van der Waals surface area contributed by atoms with Gasteiger partial charge < -0.3 is 10.1 Å². The van der Waals surface area contributed by atoms with Gasteiger partial charge in [0.2, 0.25) is 0 Å². The van der Waals surface area contributed by atoms with Gasteiger partial charge in [0.15, 0.2) is 0 Å². The van der Waals surface area contributed by atoms with Crippen LogP contribution in [0.4, 0.5) is 8.78 Å². The summed E-state index contributed by atoms with van der Waals surface area (Å²) in [7, 11) is 0. The van der Waals surface area contributed by atoms with Crippen molar-refractivity contribution in [1.82, 2.24) is 5.32 Å². The summed E-state index contributed by atoms with van der Waals surface area (Å²) in [6.07, 6.45) is 0. The predicted molar refractivity (Wildman–Crippen MR) is 55.2 cm³/mol. The Hall–Kier alpha value is -0.710. The van der Waals surface area contributed by atoms with Crippen LogP contribution in [0.15, 0.2) is 18.2 Å². The lowest BCUT2D eigenvalue weighted by Crippen LogP contribution is -2.35. The Balaban J connectivity index is 0.00000112. The van der Waals surface area contributed by atoms with Crippen molar-refractivity contribution in [2.45, 2.75) is 6.04 Å². The summed E-state index contributed by atoms with van der Waals surface area (Å²) < 4.78 is 31.3. The lowest BCUT2D eigenvalue weighted by Gasteiger charge is -2.24. The van der Waals surface area contributed by atoms with E-state index in [0.29, 0.717) is 25.3 Å². The Labute approximate surface area is 93.0 Å². The highest BCUT2D eigenvalue weighted by molar-refractivity contribution is 5.85. The number of rotatable bonds is 1. The molecule has 1 aromatic carbocycles. The zero-order valence-corrected chi connectivity index (χ0v) is 8.82. The normalized spacial score (nSPS) is 20.8. The summed E-state index contributed by atoms with van der Waals surface area (Å²) in [5.41, 5.74) is 0.338. The Morgan fingerprint density at radius 2 is 2.13 bits per heavy atom. The molecule has 0 unspecified atom stereocenters. The zero-order chi connectivity index (χ0) is 9.97. The molecule has 0 aliphatic carbocycles. The number of hydrogen-bond acceptors (Lipinski definition) is 2. The highest BCUT2D eigenvalue weighted by Gasteiger charge is 2.18. The van der Waals surface area contributed by atoms with Crippen LogP contribution in [-0.4, -0.2) is 19.8 Å². The van der Waals surface area contributed by atoms with Crippen molar-refractivity contribution in [3.05, 3.63) is 35.4 Å². The van der Waals surface area contributed by atoms with Gasteiger partial charge in [-0.3, -0.25) is 0 Å². The molecule has 1 atom stereocenters. The molecule has 1 N–H and O–H groups in total. The fraction of sp³-hybridized carbons (Fsp3) is 0.400. The lowest BCUT2D eigenvalue weighted by molar-refractivity contribution is 0.0756. The molecule has 1 heterocycles. The summed E-state index contributed by atoms with van der Waals surface area (Å²) >= 11 is 0. The van der Waals surface area contributed by atoms with E-state index < -0.39 is 11.6 Å². The second-order valence-corrected chi connectivity index (χ2v) is 3.25. The second-order valence-electron chi connectivity index (χ2n) is 3.25. The Morgan fingerprint density at radius 1 is 1.33 bits per heavy atom. The Kier molecular flexibility index (Phi) is 4.45. The van der Waals surface area contributed by atoms with Gasteiger partial charge in [-0.1, -0.05) is 0 Å². The highest BCUT2D eigenvalue weighted by Crippen LogP contribution is 2.20. The van der Waals surface area contributed by atoms with Crippen LogP contribution in [0.2, 0.25) is 0 Å². The summed E-state index contributed by atoms with van der Waals surface area (Å²) in [5, 5.41) is 3.07. The maximum Gasteiger partial charge on any atom is 0.128 e. The van der Waals surface area contributed by atoms with Gasteiger partial charge in [0.25, 0.3) is 0 Å². The minimum atomic E-state index is -0.422. The number of ether oxygens (including phenoxy) is 1.